The van der Waals surface area contributed by atoms with E-state index in [9.17, 15) is 9.59 Å². The zero-order valence-electron chi connectivity index (χ0n) is 12.5. The first-order valence-electron chi connectivity index (χ1n) is 6.80. The summed E-state index contributed by atoms with van der Waals surface area (Å²) in [6.45, 7) is 7.72. The molecule has 0 heterocycles. The van der Waals surface area contributed by atoms with Gasteiger partial charge in [-0.3, -0.25) is 4.79 Å². The van der Waals surface area contributed by atoms with Crippen molar-refractivity contribution in [1.82, 2.24) is 0 Å². The number of carbonyl (C=O) groups is 2. The fraction of sp³-hybridized carbons (Fsp3) is 0.857. The van der Waals surface area contributed by atoms with Gasteiger partial charge in [0, 0.05) is 6.42 Å². The molecule has 5 heteroatoms. The molecule has 0 unspecified atom stereocenters. The lowest BCUT2D eigenvalue weighted by atomic mass is 10.2. The molecule has 0 aromatic rings. The van der Waals surface area contributed by atoms with Gasteiger partial charge >= 0.3 is 11.9 Å². The highest BCUT2D eigenvalue weighted by Gasteiger charge is 2.15. The van der Waals surface area contributed by atoms with E-state index < -0.39 is 11.6 Å². The van der Waals surface area contributed by atoms with Gasteiger partial charge < -0.3 is 14.2 Å². The summed E-state index contributed by atoms with van der Waals surface area (Å²) >= 11 is 0. The van der Waals surface area contributed by atoms with E-state index in [-0.39, 0.29) is 25.8 Å². The van der Waals surface area contributed by atoms with E-state index in [0.717, 1.165) is 19.3 Å². The molecule has 0 saturated carbocycles. The first-order valence-corrected chi connectivity index (χ1v) is 6.80. The molecule has 0 saturated heterocycles. The van der Waals surface area contributed by atoms with E-state index in [1.54, 1.807) is 20.8 Å². The lowest BCUT2D eigenvalue weighted by Gasteiger charge is -2.19. The van der Waals surface area contributed by atoms with Crippen molar-refractivity contribution in [3.8, 4) is 0 Å². The topological polar surface area (TPSA) is 61.8 Å². The highest BCUT2D eigenvalue weighted by molar-refractivity contribution is 5.71. The van der Waals surface area contributed by atoms with Gasteiger partial charge in [-0.05, 0) is 27.2 Å². The van der Waals surface area contributed by atoms with E-state index in [1.165, 1.54) is 0 Å². The quantitative estimate of drug-likeness (QED) is 0.477. The summed E-state index contributed by atoms with van der Waals surface area (Å²) in [5.41, 5.74) is -0.508. The van der Waals surface area contributed by atoms with Crippen molar-refractivity contribution >= 4 is 11.9 Å². The average molecular weight is 274 g/mol. The second-order valence-corrected chi connectivity index (χ2v) is 5.32. The van der Waals surface area contributed by atoms with Crippen molar-refractivity contribution in [2.45, 2.75) is 59.0 Å². The van der Waals surface area contributed by atoms with E-state index in [4.69, 9.17) is 14.2 Å². The van der Waals surface area contributed by atoms with Crippen LogP contribution in [0.3, 0.4) is 0 Å². The summed E-state index contributed by atoms with van der Waals surface area (Å²) in [6.07, 6.45) is 3.41. The average Bonchev–Trinajstić information content (AvgIpc) is 2.26. The molecule has 0 aromatic carbocycles. The van der Waals surface area contributed by atoms with Gasteiger partial charge in [-0.15, -0.1) is 0 Å². The highest BCUT2D eigenvalue weighted by atomic mass is 16.6. The second-order valence-electron chi connectivity index (χ2n) is 5.32. The maximum Gasteiger partial charge on any atom is 0.332 e. The third kappa shape index (κ3) is 13.1. The molecule has 112 valence electrons. The molecule has 0 radical (unpaired) electrons. The molecule has 0 fully saturated rings. The summed E-state index contributed by atoms with van der Waals surface area (Å²) in [6, 6.07) is 0. The number of carbonyl (C=O) groups excluding carboxylic acids is 2. The Morgan fingerprint density at radius 3 is 2.26 bits per heavy atom. The van der Waals surface area contributed by atoms with Crippen molar-refractivity contribution in [1.29, 1.82) is 0 Å². The van der Waals surface area contributed by atoms with Crippen LogP contribution < -0.4 is 0 Å². The van der Waals surface area contributed by atoms with E-state index in [2.05, 4.69) is 6.92 Å². The fourth-order valence-corrected chi connectivity index (χ4v) is 1.33. The molecule has 19 heavy (non-hydrogen) atoms. The van der Waals surface area contributed by atoms with Crippen LogP contribution in [0.2, 0.25) is 0 Å². The van der Waals surface area contributed by atoms with Gasteiger partial charge in [-0.25, -0.2) is 4.79 Å². The third-order valence-corrected chi connectivity index (χ3v) is 2.12. The molecule has 0 bridgehead atoms. The second kappa shape index (κ2) is 9.78. The van der Waals surface area contributed by atoms with Gasteiger partial charge in [0.15, 0.2) is 0 Å². The van der Waals surface area contributed by atoms with Gasteiger partial charge in [0.25, 0.3) is 0 Å². The first kappa shape index (κ1) is 17.9. The Labute approximate surface area is 115 Å². The number of ether oxygens (including phenoxy) is 3. The van der Waals surface area contributed by atoms with Gasteiger partial charge in [0.05, 0.1) is 6.61 Å². The van der Waals surface area contributed by atoms with Crippen molar-refractivity contribution in [2.75, 3.05) is 19.8 Å². The molecule has 0 spiro atoms. The molecule has 0 N–H and O–H groups in total. The van der Waals surface area contributed by atoms with Crippen molar-refractivity contribution < 1.29 is 23.8 Å². The summed E-state index contributed by atoms with van der Waals surface area (Å²) in [5, 5.41) is 0. The summed E-state index contributed by atoms with van der Waals surface area (Å²) in [4.78, 5) is 22.5. The molecule has 0 atom stereocenters. The molecule has 0 rings (SSSR count). The van der Waals surface area contributed by atoms with Gasteiger partial charge in [0.1, 0.15) is 18.8 Å². The Morgan fingerprint density at radius 2 is 1.68 bits per heavy atom. The minimum absolute atomic E-state index is 0.120. The van der Waals surface area contributed by atoms with Crippen LogP contribution >= 0.6 is 0 Å². The van der Waals surface area contributed by atoms with Crippen LogP contribution in [-0.4, -0.2) is 37.4 Å². The van der Waals surface area contributed by atoms with Gasteiger partial charge in [-0.1, -0.05) is 19.8 Å². The van der Waals surface area contributed by atoms with Crippen molar-refractivity contribution in [2.24, 2.45) is 0 Å². The van der Waals surface area contributed by atoms with Crippen LogP contribution in [0, 0.1) is 0 Å². The third-order valence-electron chi connectivity index (χ3n) is 2.12. The monoisotopic (exact) mass is 274 g/mol. The van der Waals surface area contributed by atoms with Crippen LogP contribution in [0.4, 0.5) is 0 Å². The fourth-order valence-electron chi connectivity index (χ4n) is 1.33. The molecule has 0 aliphatic rings. The Bertz CT molecular complexity index is 268. The number of unbranched alkanes of at least 4 members (excludes halogenated alkanes) is 2. The van der Waals surface area contributed by atoms with Crippen LogP contribution in [0.15, 0.2) is 0 Å². The smallest absolute Gasteiger partial charge is 0.332 e. The van der Waals surface area contributed by atoms with Crippen LogP contribution in [0.5, 0.6) is 0 Å². The SMILES string of the molecule is CCCCCC(=O)OCCOCC(=O)OC(C)(C)C. The van der Waals surface area contributed by atoms with Gasteiger partial charge in [-0.2, -0.15) is 0 Å². The Kier molecular flexibility index (Phi) is 9.21. The van der Waals surface area contributed by atoms with Gasteiger partial charge in [0.2, 0.25) is 0 Å². The Hall–Kier alpha value is -1.10. The molecule has 5 nitrogen and oxygen atoms in total. The van der Waals surface area contributed by atoms with Crippen LogP contribution in [0.25, 0.3) is 0 Å². The summed E-state index contributed by atoms with van der Waals surface area (Å²) in [7, 11) is 0. The zero-order valence-corrected chi connectivity index (χ0v) is 12.5. The Balaban J connectivity index is 3.44. The molecular formula is C14H26O5. The zero-order chi connectivity index (χ0) is 14.7. The van der Waals surface area contributed by atoms with E-state index in [1.807, 2.05) is 0 Å². The minimum Gasteiger partial charge on any atom is -0.463 e. The molecule has 0 amide bonds. The summed E-state index contributed by atoms with van der Waals surface area (Å²) < 4.78 is 15.1. The van der Waals surface area contributed by atoms with Crippen LogP contribution in [0.1, 0.15) is 53.4 Å². The summed E-state index contributed by atoms with van der Waals surface area (Å²) in [5.74, 6) is -0.629. The van der Waals surface area contributed by atoms with E-state index in [0.29, 0.717) is 6.42 Å². The number of esters is 2. The lowest BCUT2D eigenvalue weighted by Crippen LogP contribution is -2.27. The first-order chi connectivity index (χ1) is 8.85. The largest absolute Gasteiger partial charge is 0.463 e. The van der Waals surface area contributed by atoms with E-state index >= 15 is 0 Å². The highest BCUT2D eigenvalue weighted by Crippen LogP contribution is 2.06. The number of hydrogen-bond donors (Lipinski definition) is 0. The van der Waals surface area contributed by atoms with Crippen molar-refractivity contribution in [3.63, 3.8) is 0 Å². The van der Waals surface area contributed by atoms with Crippen LogP contribution in [-0.2, 0) is 23.8 Å². The maximum atomic E-state index is 11.3. The lowest BCUT2D eigenvalue weighted by molar-refractivity contribution is -0.161. The maximum absolute atomic E-state index is 11.3. The molecule has 0 aliphatic heterocycles. The number of hydrogen-bond acceptors (Lipinski definition) is 5. The minimum atomic E-state index is -0.508. The number of rotatable bonds is 9. The normalized spacial score (nSPS) is 11.2. The molecular weight excluding hydrogens is 248 g/mol. The standard InChI is InChI=1S/C14H26O5/c1-5-6-7-8-12(15)18-10-9-17-11-13(16)19-14(2,3)4/h5-11H2,1-4H3. The van der Waals surface area contributed by atoms with Crippen molar-refractivity contribution in [3.05, 3.63) is 0 Å². The molecule has 0 aromatic heterocycles. The predicted octanol–water partition coefficient (Wildman–Crippen LogP) is 2.47. The molecule has 0 aliphatic carbocycles. The Morgan fingerprint density at radius 1 is 1.00 bits per heavy atom. The predicted molar refractivity (Wildman–Crippen MR) is 71.8 cm³/mol.